The number of hydrogen-bond donors (Lipinski definition) is 1. The van der Waals surface area contributed by atoms with Crippen molar-refractivity contribution in [3.8, 4) is 0 Å². The molecule has 6 nitrogen and oxygen atoms in total. The minimum absolute atomic E-state index is 0.0314. The predicted molar refractivity (Wildman–Crippen MR) is 112 cm³/mol. The number of thioether (sulfide) groups is 1. The number of nitrogens with one attached hydrogen (secondary N) is 1. The number of rotatable bonds is 5. The SMILES string of the molecule is O=C(CC1(N2Cc3ccccc3C2=O)CCSCC1)NC1CC(=O)N(C2CC2)C1. The molecule has 1 aromatic rings. The van der Waals surface area contributed by atoms with Crippen LogP contribution < -0.4 is 5.32 Å². The third kappa shape index (κ3) is 3.54. The van der Waals surface area contributed by atoms with Gasteiger partial charge in [0.05, 0.1) is 11.6 Å². The van der Waals surface area contributed by atoms with Gasteiger partial charge in [0.1, 0.15) is 0 Å². The van der Waals surface area contributed by atoms with E-state index in [0.717, 1.165) is 48.3 Å². The maximum absolute atomic E-state index is 13.1. The van der Waals surface area contributed by atoms with E-state index in [1.807, 2.05) is 45.8 Å². The number of fused-ring (bicyclic) bond motifs is 1. The van der Waals surface area contributed by atoms with Crippen LogP contribution in [0.3, 0.4) is 0 Å². The summed E-state index contributed by atoms with van der Waals surface area (Å²) in [6.07, 6.45) is 4.57. The average Bonchev–Trinajstić information content (AvgIpc) is 3.41. The highest BCUT2D eigenvalue weighted by Crippen LogP contribution is 2.40. The maximum atomic E-state index is 13.1. The van der Waals surface area contributed by atoms with Crippen LogP contribution in [0.15, 0.2) is 24.3 Å². The first-order chi connectivity index (χ1) is 14.1. The molecule has 0 spiro atoms. The van der Waals surface area contributed by atoms with Gasteiger partial charge >= 0.3 is 0 Å². The van der Waals surface area contributed by atoms with Gasteiger partial charge in [0, 0.05) is 37.5 Å². The van der Waals surface area contributed by atoms with Crippen molar-refractivity contribution in [2.75, 3.05) is 18.1 Å². The van der Waals surface area contributed by atoms with Crippen molar-refractivity contribution in [2.24, 2.45) is 0 Å². The van der Waals surface area contributed by atoms with E-state index in [2.05, 4.69) is 5.32 Å². The van der Waals surface area contributed by atoms with Crippen molar-refractivity contribution in [2.45, 2.75) is 62.7 Å². The molecule has 3 fully saturated rings. The lowest BCUT2D eigenvalue weighted by Gasteiger charge is -2.44. The standard InChI is InChI=1S/C22H27N3O3S/c26-19(23-16-11-20(27)24(14-16)17-5-6-17)12-22(7-9-29-10-8-22)25-13-15-3-1-2-4-18(15)21(25)28/h1-4,16-17H,5-14H2,(H,23,26). The fourth-order valence-electron chi connectivity index (χ4n) is 5.08. The Kier molecular flexibility index (Phi) is 4.81. The molecule has 3 heterocycles. The second-order valence-corrected chi connectivity index (χ2v) is 10.0. The summed E-state index contributed by atoms with van der Waals surface area (Å²) in [6.45, 7) is 1.22. The van der Waals surface area contributed by atoms with Crippen LogP contribution in [-0.2, 0) is 16.1 Å². The van der Waals surface area contributed by atoms with E-state index in [-0.39, 0.29) is 23.8 Å². The van der Waals surface area contributed by atoms with Crippen LogP contribution >= 0.6 is 11.8 Å². The second kappa shape index (κ2) is 7.35. The highest BCUT2D eigenvalue weighted by molar-refractivity contribution is 7.99. The van der Waals surface area contributed by atoms with E-state index in [9.17, 15) is 14.4 Å². The molecule has 1 saturated carbocycles. The number of carbonyl (C=O) groups is 3. The Hall–Kier alpha value is -2.02. The molecule has 1 unspecified atom stereocenters. The van der Waals surface area contributed by atoms with Gasteiger partial charge in [-0.15, -0.1) is 0 Å². The lowest BCUT2D eigenvalue weighted by molar-refractivity contribution is -0.128. The molecule has 154 valence electrons. The van der Waals surface area contributed by atoms with Crippen molar-refractivity contribution >= 4 is 29.5 Å². The lowest BCUT2D eigenvalue weighted by Crippen LogP contribution is -2.54. The van der Waals surface area contributed by atoms with Crippen molar-refractivity contribution in [1.29, 1.82) is 0 Å². The molecule has 1 aromatic carbocycles. The highest BCUT2D eigenvalue weighted by atomic mass is 32.2. The maximum Gasteiger partial charge on any atom is 0.254 e. The first-order valence-corrected chi connectivity index (χ1v) is 11.8. The first-order valence-electron chi connectivity index (χ1n) is 10.6. The van der Waals surface area contributed by atoms with Gasteiger partial charge in [0.2, 0.25) is 11.8 Å². The van der Waals surface area contributed by atoms with E-state index in [1.165, 1.54) is 0 Å². The Morgan fingerprint density at radius 2 is 1.93 bits per heavy atom. The predicted octanol–water partition coefficient (Wildman–Crippen LogP) is 2.18. The van der Waals surface area contributed by atoms with Crippen LogP contribution in [0.5, 0.6) is 0 Å². The van der Waals surface area contributed by atoms with E-state index in [0.29, 0.717) is 32.0 Å². The van der Waals surface area contributed by atoms with Crippen LogP contribution in [0.4, 0.5) is 0 Å². The minimum Gasteiger partial charge on any atom is -0.351 e. The normalized spacial score (nSPS) is 26.0. The summed E-state index contributed by atoms with van der Waals surface area (Å²) >= 11 is 1.89. The molecule has 0 radical (unpaired) electrons. The molecule has 1 N–H and O–H groups in total. The van der Waals surface area contributed by atoms with Crippen LogP contribution in [-0.4, -0.2) is 63.2 Å². The Morgan fingerprint density at radius 3 is 2.66 bits per heavy atom. The molecular formula is C22H27N3O3S. The fraction of sp³-hybridized carbons (Fsp3) is 0.591. The molecule has 3 aliphatic heterocycles. The monoisotopic (exact) mass is 413 g/mol. The average molecular weight is 414 g/mol. The Bertz CT molecular complexity index is 847. The van der Waals surface area contributed by atoms with Crippen molar-refractivity contribution in [3.63, 3.8) is 0 Å². The summed E-state index contributed by atoms with van der Waals surface area (Å²) in [4.78, 5) is 42.2. The summed E-state index contributed by atoms with van der Waals surface area (Å²) in [5.41, 5.74) is 1.40. The van der Waals surface area contributed by atoms with E-state index < -0.39 is 5.54 Å². The molecule has 1 aliphatic carbocycles. The Balaban J connectivity index is 1.29. The molecule has 7 heteroatoms. The topological polar surface area (TPSA) is 69.7 Å². The van der Waals surface area contributed by atoms with Gasteiger partial charge in [-0.05, 0) is 48.8 Å². The number of amides is 3. The van der Waals surface area contributed by atoms with Crippen LogP contribution in [0.25, 0.3) is 0 Å². The third-order valence-electron chi connectivity index (χ3n) is 6.82. The van der Waals surface area contributed by atoms with Crippen LogP contribution in [0, 0.1) is 0 Å². The molecule has 2 saturated heterocycles. The third-order valence-corrected chi connectivity index (χ3v) is 7.80. The fourth-order valence-corrected chi connectivity index (χ4v) is 6.33. The lowest BCUT2D eigenvalue weighted by atomic mass is 9.86. The summed E-state index contributed by atoms with van der Waals surface area (Å²) in [6, 6.07) is 8.06. The van der Waals surface area contributed by atoms with E-state index >= 15 is 0 Å². The number of likely N-dealkylation sites (tertiary alicyclic amines) is 1. The zero-order chi connectivity index (χ0) is 20.0. The molecule has 4 aliphatic rings. The van der Waals surface area contributed by atoms with Gasteiger partial charge in [-0.25, -0.2) is 0 Å². The minimum atomic E-state index is -0.426. The van der Waals surface area contributed by atoms with Crippen molar-refractivity contribution in [3.05, 3.63) is 35.4 Å². The molecule has 29 heavy (non-hydrogen) atoms. The summed E-state index contributed by atoms with van der Waals surface area (Å²) in [5, 5.41) is 3.11. The molecular weight excluding hydrogens is 386 g/mol. The number of benzene rings is 1. The van der Waals surface area contributed by atoms with E-state index in [4.69, 9.17) is 0 Å². The van der Waals surface area contributed by atoms with Gasteiger partial charge in [-0.2, -0.15) is 11.8 Å². The molecule has 1 atom stereocenters. The summed E-state index contributed by atoms with van der Waals surface area (Å²) < 4.78 is 0. The first kappa shape index (κ1) is 19.0. The quantitative estimate of drug-likeness (QED) is 0.803. The van der Waals surface area contributed by atoms with Crippen LogP contribution in [0.1, 0.15) is 54.4 Å². The van der Waals surface area contributed by atoms with Crippen molar-refractivity contribution < 1.29 is 14.4 Å². The zero-order valence-electron chi connectivity index (χ0n) is 16.6. The van der Waals surface area contributed by atoms with Gasteiger partial charge in [-0.3, -0.25) is 14.4 Å². The van der Waals surface area contributed by atoms with Gasteiger partial charge < -0.3 is 15.1 Å². The molecule has 0 bridgehead atoms. The van der Waals surface area contributed by atoms with Gasteiger partial charge in [0.15, 0.2) is 0 Å². The number of nitrogens with zero attached hydrogens (tertiary/aromatic N) is 2. The summed E-state index contributed by atoms with van der Waals surface area (Å²) in [7, 11) is 0. The number of carbonyl (C=O) groups excluding carboxylic acids is 3. The van der Waals surface area contributed by atoms with E-state index in [1.54, 1.807) is 0 Å². The second-order valence-electron chi connectivity index (χ2n) is 8.81. The van der Waals surface area contributed by atoms with Gasteiger partial charge in [-0.1, -0.05) is 18.2 Å². The Morgan fingerprint density at radius 1 is 1.17 bits per heavy atom. The smallest absolute Gasteiger partial charge is 0.254 e. The number of hydrogen-bond acceptors (Lipinski definition) is 4. The summed E-state index contributed by atoms with van der Waals surface area (Å²) in [5.74, 6) is 2.11. The molecule has 3 amide bonds. The van der Waals surface area contributed by atoms with Crippen molar-refractivity contribution in [1.82, 2.24) is 15.1 Å². The highest BCUT2D eigenvalue weighted by Gasteiger charge is 2.46. The van der Waals surface area contributed by atoms with Gasteiger partial charge in [0.25, 0.3) is 5.91 Å². The Labute approximate surface area is 175 Å². The van der Waals surface area contributed by atoms with Crippen LogP contribution in [0.2, 0.25) is 0 Å². The largest absolute Gasteiger partial charge is 0.351 e. The zero-order valence-corrected chi connectivity index (χ0v) is 17.4. The molecule has 0 aromatic heterocycles. The molecule has 5 rings (SSSR count).